The summed E-state index contributed by atoms with van der Waals surface area (Å²) in [6, 6.07) is 9.37. The van der Waals surface area contributed by atoms with Crippen molar-refractivity contribution >= 4 is 44.7 Å². The standard InChI is InChI=1S/C22H22BrFN4O4/c1-26(8-9-29)22(30)19(27(2)13-14-4-3-5-16(23)10-14)11-15-12-25-18-7-6-17(24)21(20(15)18)28(31)32/h3-7,9-10,12,19,25H,8,11,13H2,1-2H3. The average molecular weight is 505 g/mol. The van der Waals surface area contributed by atoms with Crippen LogP contribution in [0.1, 0.15) is 11.1 Å². The van der Waals surface area contributed by atoms with Crippen LogP contribution in [0.2, 0.25) is 0 Å². The molecule has 0 aliphatic carbocycles. The zero-order valence-electron chi connectivity index (χ0n) is 17.5. The number of nitro groups is 1. The number of aldehydes is 1. The van der Waals surface area contributed by atoms with Crippen LogP contribution >= 0.6 is 15.9 Å². The fraction of sp³-hybridized carbons (Fsp3) is 0.273. The molecule has 0 fully saturated rings. The first-order valence-corrected chi connectivity index (χ1v) is 10.6. The highest BCUT2D eigenvalue weighted by Gasteiger charge is 2.30. The van der Waals surface area contributed by atoms with Crippen LogP contribution in [0.4, 0.5) is 10.1 Å². The Morgan fingerprint density at radius 2 is 2.06 bits per heavy atom. The van der Waals surface area contributed by atoms with Crippen molar-refractivity contribution in [3.63, 3.8) is 0 Å². The number of nitro benzene ring substituents is 1. The highest BCUT2D eigenvalue weighted by atomic mass is 79.9. The number of likely N-dealkylation sites (N-methyl/N-ethyl adjacent to an activating group) is 2. The molecule has 3 rings (SSSR count). The van der Waals surface area contributed by atoms with E-state index in [1.165, 1.54) is 18.0 Å². The van der Waals surface area contributed by atoms with Gasteiger partial charge in [0.2, 0.25) is 11.7 Å². The molecule has 1 heterocycles. The van der Waals surface area contributed by atoms with Crippen LogP contribution in [0.3, 0.4) is 0 Å². The van der Waals surface area contributed by atoms with Crippen molar-refractivity contribution in [3.8, 4) is 0 Å². The summed E-state index contributed by atoms with van der Waals surface area (Å²) in [6.45, 7) is 0.340. The van der Waals surface area contributed by atoms with E-state index < -0.39 is 22.5 Å². The van der Waals surface area contributed by atoms with Crippen molar-refractivity contribution in [2.24, 2.45) is 0 Å². The molecular formula is C22H22BrFN4O4. The second-order valence-electron chi connectivity index (χ2n) is 7.54. The Kier molecular flexibility index (Phi) is 7.37. The number of carbonyl (C=O) groups excluding carboxylic acids is 2. The minimum atomic E-state index is -0.938. The van der Waals surface area contributed by atoms with Gasteiger partial charge in [-0.05, 0) is 48.9 Å². The Morgan fingerprint density at radius 1 is 1.31 bits per heavy atom. The third kappa shape index (κ3) is 5.03. The Hall–Kier alpha value is -3.11. The van der Waals surface area contributed by atoms with E-state index in [2.05, 4.69) is 20.9 Å². The van der Waals surface area contributed by atoms with Crippen LogP contribution in [-0.2, 0) is 22.6 Å². The lowest BCUT2D eigenvalue weighted by molar-refractivity contribution is -0.385. The molecule has 0 bridgehead atoms. The first-order chi connectivity index (χ1) is 15.2. The van der Waals surface area contributed by atoms with Crippen LogP contribution in [0, 0.1) is 15.9 Å². The maximum atomic E-state index is 14.3. The number of nitrogens with one attached hydrogen (secondary N) is 1. The number of carbonyl (C=O) groups is 2. The summed E-state index contributed by atoms with van der Waals surface area (Å²) in [4.78, 5) is 41.0. The van der Waals surface area contributed by atoms with Gasteiger partial charge in [0.05, 0.1) is 28.4 Å². The predicted molar refractivity (Wildman–Crippen MR) is 122 cm³/mol. The normalized spacial score (nSPS) is 12.2. The molecule has 0 aliphatic heterocycles. The van der Waals surface area contributed by atoms with Crippen molar-refractivity contribution in [1.82, 2.24) is 14.8 Å². The van der Waals surface area contributed by atoms with Gasteiger partial charge in [-0.25, -0.2) is 0 Å². The Morgan fingerprint density at radius 3 is 2.72 bits per heavy atom. The molecule has 32 heavy (non-hydrogen) atoms. The van der Waals surface area contributed by atoms with Gasteiger partial charge < -0.3 is 14.7 Å². The van der Waals surface area contributed by atoms with E-state index in [0.29, 0.717) is 23.9 Å². The molecule has 1 aromatic heterocycles. The molecule has 0 radical (unpaired) electrons. The van der Waals surface area contributed by atoms with Crippen molar-refractivity contribution in [1.29, 1.82) is 0 Å². The third-order valence-electron chi connectivity index (χ3n) is 5.31. The summed E-state index contributed by atoms with van der Waals surface area (Å²) >= 11 is 3.43. The molecule has 1 N–H and O–H groups in total. The maximum Gasteiger partial charge on any atom is 0.314 e. The summed E-state index contributed by atoms with van der Waals surface area (Å²) in [7, 11) is 3.29. The zero-order valence-corrected chi connectivity index (χ0v) is 19.1. The predicted octanol–water partition coefficient (Wildman–Crippen LogP) is 3.68. The molecule has 1 unspecified atom stereocenters. The molecule has 0 aliphatic rings. The van der Waals surface area contributed by atoms with Gasteiger partial charge in [-0.2, -0.15) is 4.39 Å². The van der Waals surface area contributed by atoms with Gasteiger partial charge >= 0.3 is 5.69 Å². The van der Waals surface area contributed by atoms with E-state index in [1.54, 1.807) is 13.2 Å². The average Bonchev–Trinajstić information content (AvgIpc) is 3.13. The summed E-state index contributed by atoms with van der Waals surface area (Å²) in [5.74, 6) is -1.25. The summed E-state index contributed by atoms with van der Waals surface area (Å²) in [5, 5.41) is 11.7. The molecule has 10 heteroatoms. The highest BCUT2D eigenvalue weighted by Crippen LogP contribution is 2.32. The highest BCUT2D eigenvalue weighted by molar-refractivity contribution is 9.10. The molecule has 1 atom stereocenters. The van der Waals surface area contributed by atoms with Crippen molar-refractivity contribution in [3.05, 3.63) is 74.1 Å². The summed E-state index contributed by atoms with van der Waals surface area (Å²) in [5.41, 5.74) is 1.19. The molecule has 0 saturated carbocycles. The van der Waals surface area contributed by atoms with E-state index in [9.17, 15) is 24.1 Å². The lowest BCUT2D eigenvalue weighted by atomic mass is 10.0. The quantitative estimate of drug-likeness (QED) is 0.272. The smallest absolute Gasteiger partial charge is 0.314 e. The first-order valence-electron chi connectivity index (χ1n) is 9.79. The van der Waals surface area contributed by atoms with Crippen molar-refractivity contribution in [2.75, 3.05) is 20.6 Å². The lowest BCUT2D eigenvalue weighted by Crippen LogP contribution is -2.47. The van der Waals surface area contributed by atoms with Gasteiger partial charge in [-0.15, -0.1) is 0 Å². The fourth-order valence-electron chi connectivity index (χ4n) is 3.72. The van der Waals surface area contributed by atoms with Gasteiger partial charge in [-0.1, -0.05) is 28.1 Å². The van der Waals surface area contributed by atoms with E-state index >= 15 is 0 Å². The van der Waals surface area contributed by atoms with Crippen LogP contribution in [-0.4, -0.2) is 58.6 Å². The number of halogens is 2. The number of benzene rings is 2. The van der Waals surface area contributed by atoms with Gasteiger partial charge in [0, 0.05) is 24.3 Å². The number of amides is 1. The minimum absolute atomic E-state index is 0.0806. The fourth-order valence-corrected chi connectivity index (χ4v) is 4.16. The first kappa shape index (κ1) is 23.6. The van der Waals surface area contributed by atoms with Gasteiger partial charge in [-0.3, -0.25) is 19.8 Å². The van der Waals surface area contributed by atoms with Gasteiger partial charge in [0.1, 0.15) is 6.29 Å². The molecule has 8 nitrogen and oxygen atoms in total. The SMILES string of the molecule is CN(CC=O)C(=O)C(Cc1c[nH]c2ccc(F)c([N+](=O)[O-])c12)N(C)Cc1cccc(Br)c1. The van der Waals surface area contributed by atoms with Crippen molar-refractivity contribution in [2.45, 2.75) is 19.0 Å². The Labute approximate surface area is 192 Å². The molecular weight excluding hydrogens is 483 g/mol. The largest absolute Gasteiger partial charge is 0.361 e. The number of fused-ring (bicyclic) bond motifs is 1. The second kappa shape index (κ2) is 10.0. The van der Waals surface area contributed by atoms with E-state index in [1.807, 2.05) is 29.2 Å². The van der Waals surface area contributed by atoms with Gasteiger partial charge in [0.15, 0.2) is 0 Å². The van der Waals surface area contributed by atoms with E-state index in [-0.39, 0.29) is 24.3 Å². The van der Waals surface area contributed by atoms with E-state index in [4.69, 9.17) is 0 Å². The number of aromatic amines is 1. The van der Waals surface area contributed by atoms with Crippen LogP contribution in [0.15, 0.2) is 47.1 Å². The molecule has 0 saturated heterocycles. The molecule has 2 aromatic carbocycles. The van der Waals surface area contributed by atoms with Crippen LogP contribution < -0.4 is 0 Å². The molecule has 3 aromatic rings. The monoisotopic (exact) mass is 504 g/mol. The number of hydrogen-bond acceptors (Lipinski definition) is 5. The third-order valence-corrected chi connectivity index (χ3v) is 5.80. The molecule has 1 amide bonds. The zero-order chi connectivity index (χ0) is 23.4. The Balaban J connectivity index is 2.00. The summed E-state index contributed by atoms with van der Waals surface area (Å²) < 4.78 is 15.1. The number of hydrogen-bond donors (Lipinski definition) is 1. The second-order valence-corrected chi connectivity index (χ2v) is 8.46. The van der Waals surface area contributed by atoms with Crippen LogP contribution in [0.5, 0.6) is 0 Å². The number of H-pyrrole nitrogens is 1. The van der Waals surface area contributed by atoms with Crippen molar-refractivity contribution < 1.29 is 18.9 Å². The topological polar surface area (TPSA) is 99.5 Å². The number of nitrogens with zero attached hydrogens (tertiary/aromatic N) is 3. The van der Waals surface area contributed by atoms with Gasteiger partial charge in [0.25, 0.3) is 0 Å². The molecule has 0 spiro atoms. The minimum Gasteiger partial charge on any atom is -0.361 e. The summed E-state index contributed by atoms with van der Waals surface area (Å²) in [6.07, 6.45) is 2.29. The Bertz CT molecular complexity index is 1170. The van der Waals surface area contributed by atoms with E-state index in [0.717, 1.165) is 16.1 Å². The number of aromatic nitrogens is 1. The van der Waals surface area contributed by atoms with Crippen LogP contribution in [0.25, 0.3) is 10.9 Å². The lowest BCUT2D eigenvalue weighted by Gasteiger charge is -2.30. The maximum absolute atomic E-state index is 14.3. The molecule has 168 valence electrons. The number of rotatable bonds is 9.